The number of hydrogen-bond donors (Lipinski definition) is 0. The fraction of sp³-hybridized carbons (Fsp3) is 0.152. The number of fused-ring (bicyclic) bond motifs is 6. The van der Waals surface area contributed by atoms with E-state index in [0.29, 0.717) is 33.9 Å². The van der Waals surface area contributed by atoms with Crippen molar-refractivity contribution in [3.63, 3.8) is 0 Å². The van der Waals surface area contributed by atoms with Crippen molar-refractivity contribution in [2.45, 2.75) is 13.3 Å². The topological polar surface area (TPSA) is 47.4 Å². The summed E-state index contributed by atoms with van der Waals surface area (Å²) in [6.45, 7) is 3.28. The number of carbonyl (C=O) groups excluding carboxylic acids is 1. The van der Waals surface area contributed by atoms with Gasteiger partial charge in [0.15, 0.2) is 5.75 Å². The third-order valence-corrected chi connectivity index (χ3v) is 7.49. The van der Waals surface area contributed by atoms with Crippen molar-refractivity contribution >= 4 is 73.2 Å². The van der Waals surface area contributed by atoms with E-state index in [-0.39, 0.29) is 12.6 Å². The minimum Gasteiger partial charge on any atom is -0.489 e. The second kappa shape index (κ2) is 13.3. The summed E-state index contributed by atoms with van der Waals surface area (Å²) in [5, 5.41) is 9.15. The fourth-order valence-electron chi connectivity index (χ4n) is 4.89. The van der Waals surface area contributed by atoms with Gasteiger partial charge in [-0.15, -0.1) is 0 Å². The largest absolute Gasteiger partial charge is 0.489 e. The number of halogens is 3. The molecule has 0 bridgehead atoms. The van der Waals surface area contributed by atoms with Gasteiger partial charge in [0.2, 0.25) is 0 Å². The highest BCUT2D eigenvalue weighted by molar-refractivity contribution is 6.40. The minimum atomic E-state index is -0.152. The second-order valence-electron chi connectivity index (χ2n) is 9.42. The Hall–Kier alpha value is -3.77. The molecular formula is C33H28Cl3N3O2. The maximum absolute atomic E-state index is 12.3. The lowest BCUT2D eigenvalue weighted by atomic mass is 9.95. The van der Waals surface area contributed by atoms with Gasteiger partial charge in [0, 0.05) is 24.0 Å². The first kappa shape index (κ1) is 28.7. The van der Waals surface area contributed by atoms with Gasteiger partial charge >= 0.3 is 6.03 Å². The molecule has 0 fully saturated rings. The molecule has 0 atom stereocenters. The SMILES string of the molecule is CCCN(CCOc1c(Cl)cc(Cl)cc1Cl)C(=O)n1ccnc1.c1ccc2c(c1)c1ccccc1c1ccccc21. The number of ether oxygens (including phenoxy) is 1. The number of imidazole rings is 1. The Balaban J connectivity index is 0.000000168. The van der Waals surface area contributed by atoms with E-state index in [9.17, 15) is 4.79 Å². The lowest BCUT2D eigenvalue weighted by Crippen LogP contribution is -2.37. The van der Waals surface area contributed by atoms with Crippen LogP contribution in [0.2, 0.25) is 15.1 Å². The van der Waals surface area contributed by atoms with Crippen LogP contribution in [0, 0.1) is 0 Å². The van der Waals surface area contributed by atoms with Crippen LogP contribution in [0.1, 0.15) is 13.3 Å². The molecule has 5 nitrogen and oxygen atoms in total. The molecule has 0 unspecified atom stereocenters. The van der Waals surface area contributed by atoms with Gasteiger partial charge in [-0.1, -0.05) is 115 Å². The van der Waals surface area contributed by atoms with E-state index in [1.165, 1.54) is 43.2 Å². The van der Waals surface area contributed by atoms with Gasteiger partial charge in [-0.3, -0.25) is 4.57 Å². The van der Waals surface area contributed by atoms with Crippen LogP contribution in [0.15, 0.2) is 104 Å². The molecule has 5 aromatic carbocycles. The van der Waals surface area contributed by atoms with E-state index in [1.54, 1.807) is 29.4 Å². The Bertz CT molecular complexity index is 1560. The van der Waals surface area contributed by atoms with Crippen molar-refractivity contribution < 1.29 is 9.53 Å². The molecule has 0 saturated heterocycles. The standard InChI is InChI=1S/C18H12.C15H16Cl3N3O2/c1-2-8-14-13(7-1)15-9-3-4-11-17(15)18-12-6-5-10-16(14)18;1-2-4-20(15(22)21-5-3-19-10-21)6-7-23-14-12(17)8-11(16)9-13(14)18/h1-12H;3,5,8-10H,2,4,6-7H2,1H3. The van der Waals surface area contributed by atoms with Crippen molar-refractivity contribution in [1.82, 2.24) is 14.5 Å². The van der Waals surface area contributed by atoms with Crippen LogP contribution in [0.25, 0.3) is 32.3 Å². The summed E-state index contributed by atoms with van der Waals surface area (Å²) in [5.41, 5.74) is 0. The molecule has 0 saturated carbocycles. The molecule has 8 heteroatoms. The van der Waals surface area contributed by atoms with Gasteiger partial charge in [0.05, 0.1) is 16.6 Å². The van der Waals surface area contributed by atoms with E-state index in [1.807, 2.05) is 6.92 Å². The second-order valence-corrected chi connectivity index (χ2v) is 10.7. The number of hydrogen-bond acceptors (Lipinski definition) is 3. The lowest BCUT2D eigenvalue weighted by molar-refractivity contribution is 0.184. The lowest BCUT2D eigenvalue weighted by Gasteiger charge is -2.22. The highest BCUT2D eigenvalue weighted by Gasteiger charge is 2.16. The maximum Gasteiger partial charge on any atom is 0.329 e. The average Bonchev–Trinajstić information content (AvgIpc) is 3.53. The molecule has 0 radical (unpaired) electrons. The van der Waals surface area contributed by atoms with E-state index < -0.39 is 0 Å². The Morgan fingerprint density at radius 1 is 0.780 bits per heavy atom. The summed E-state index contributed by atoms with van der Waals surface area (Å²) < 4.78 is 7.05. The van der Waals surface area contributed by atoms with Crippen molar-refractivity contribution in [1.29, 1.82) is 0 Å². The molecule has 0 aliphatic carbocycles. The number of carbonyl (C=O) groups is 1. The van der Waals surface area contributed by atoms with Gasteiger partial charge in [-0.2, -0.15) is 0 Å². The van der Waals surface area contributed by atoms with Crippen LogP contribution in [0.3, 0.4) is 0 Å². The highest BCUT2D eigenvalue weighted by atomic mass is 35.5. The number of nitrogens with zero attached hydrogens (tertiary/aromatic N) is 3. The van der Waals surface area contributed by atoms with Crippen molar-refractivity contribution in [2.75, 3.05) is 19.7 Å². The van der Waals surface area contributed by atoms with E-state index >= 15 is 0 Å². The van der Waals surface area contributed by atoms with Crippen molar-refractivity contribution in [3.05, 3.63) is 119 Å². The minimum absolute atomic E-state index is 0.152. The van der Waals surface area contributed by atoms with Crippen LogP contribution in [-0.4, -0.2) is 40.2 Å². The van der Waals surface area contributed by atoms with Crippen LogP contribution >= 0.6 is 34.8 Å². The van der Waals surface area contributed by atoms with Crippen molar-refractivity contribution in [2.24, 2.45) is 0 Å². The molecule has 1 heterocycles. The maximum atomic E-state index is 12.3. The van der Waals surface area contributed by atoms with Crippen LogP contribution in [0.5, 0.6) is 5.75 Å². The Kier molecular flexibility index (Phi) is 9.30. The first-order chi connectivity index (χ1) is 20.0. The Labute approximate surface area is 253 Å². The van der Waals surface area contributed by atoms with E-state index in [0.717, 1.165) is 6.42 Å². The number of amides is 1. The predicted octanol–water partition coefficient (Wildman–Crippen LogP) is 9.75. The number of aromatic nitrogens is 2. The Morgan fingerprint density at radius 3 is 1.63 bits per heavy atom. The van der Waals surface area contributed by atoms with Crippen molar-refractivity contribution in [3.8, 4) is 5.75 Å². The zero-order valence-electron chi connectivity index (χ0n) is 22.4. The molecule has 6 rings (SSSR count). The summed E-state index contributed by atoms with van der Waals surface area (Å²) in [4.78, 5) is 17.9. The van der Waals surface area contributed by atoms with Gasteiger partial charge in [-0.25, -0.2) is 9.78 Å². The third kappa shape index (κ3) is 6.43. The van der Waals surface area contributed by atoms with Gasteiger partial charge in [0.1, 0.15) is 12.9 Å². The van der Waals surface area contributed by atoms with Crippen LogP contribution in [-0.2, 0) is 0 Å². The quantitative estimate of drug-likeness (QED) is 0.178. The van der Waals surface area contributed by atoms with Gasteiger partial charge < -0.3 is 9.64 Å². The molecule has 6 aromatic rings. The molecular weight excluding hydrogens is 577 g/mol. The number of benzene rings is 5. The monoisotopic (exact) mass is 603 g/mol. The Morgan fingerprint density at radius 2 is 1.24 bits per heavy atom. The predicted molar refractivity (Wildman–Crippen MR) is 171 cm³/mol. The summed E-state index contributed by atoms with van der Waals surface area (Å²) in [5.74, 6) is 0.365. The molecule has 1 amide bonds. The van der Waals surface area contributed by atoms with Gasteiger partial charge in [0.25, 0.3) is 0 Å². The highest BCUT2D eigenvalue weighted by Crippen LogP contribution is 2.36. The molecule has 0 aliphatic rings. The van der Waals surface area contributed by atoms with Crippen LogP contribution in [0.4, 0.5) is 4.79 Å². The zero-order chi connectivity index (χ0) is 28.8. The molecule has 0 spiro atoms. The van der Waals surface area contributed by atoms with Crippen LogP contribution < -0.4 is 4.74 Å². The summed E-state index contributed by atoms with van der Waals surface area (Å²) in [6, 6.07) is 28.9. The average molecular weight is 605 g/mol. The first-order valence-electron chi connectivity index (χ1n) is 13.3. The van der Waals surface area contributed by atoms with E-state index in [4.69, 9.17) is 39.5 Å². The van der Waals surface area contributed by atoms with Gasteiger partial charge in [-0.05, 0) is 50.9 Å². The fourth-order valence-corrected chi connectivity index (χ4v) is 5.82. The molecule has 1 aromatic heterocycles. The molecule has 208 valence electrons. The third-order valence-electron chi connectivity index (χ3n) is 6.71. The molecule has 0 aliphatic heterocycles. The normalized spacial score (nSPS) is 10.9. The first-order valence-corrected chi connectivity index (χ1v) is 14.4. The molecule has 41 heavy (non-hydrogen) atoms. The zero-order valence-corrected chi connectivity index (χ0v) is 24.7. The summed E-state index contributed by atoms with van der Waals surface area (Å²) in [7, 11) is 0. The van der Waals surface area contributed by atoms with E-state index in [2.05, 4.69) is 77.8 Å². The summed E-state index contributed by atoms with van der Waals surface area (Å²) >= 11 is 18.0. The molecule has 0 N–H and O–H groups in total. The summed E-state index contributed by atoms with van der Waals surface area (Å²) in [6.07, 6.45) is 5.48. The number of rotatable bonds is 6. The smallest absolute Gasteiger partial charge is 0.329 e.